The molecule has 0 bridgehead atoms. The number of hydrogen-bond donors (Lipinski definition) is 1. The Hall–Kier alpha value is -3.32. The van der Waals surface area contributed by atoms with Crippen LogP contribution in [-0.4, -0.2) is 20.4 Å². The van der Waals surface area contributed by atoms with Crippen molar-refractivity contribution in [3.63, 3.8) is 0 Å². The lowest BCUT2D eigenvalue weighted by atomic mass is 10.1. The Labute approximate surface area is 162 Å². The third kappa shape index (κ3) is 3.57. The third-order valence-corrected chi connectivity index (χ3v) is 4.75. The number of rotatable bonds is 4. The molecule has 0 unspecified atom stereocenters. The normalized spacial score (nSPS) is 12.6. The molecule has 0 atom stereocenters. The average molecular weight is 376 g/mol. The molecule has 0 spiro atoms. The number of benzene rings is 1. The second-order valence-electron chi connectivity index (χ2n) is 6.89. The molecule has 1 aliphatic heterocycles. The van der Waals surface area contributed by atoms with Crippen molar-refractivity contribution < 1.29 is 9.53 Å². The molecular formula is C21H20N4O3. The molecule has 2 aromatic heterocycles. The van der Waals surface area contributed by atoms with Crippen molar-refractivity contribution in [2.75, 3.05) is 5.32 Å². The van der Waals surface area contributed by atoms with Gasteiger partial charge in [-0.25, -0.2) is 0 Å². The summed E-state index contributed by atoms with van der Waals surface area (Å²) in [6.07, 6.45) is 4.95. The van der Waals surface area contributed by atoms with Crippen LogP contribution in [0.1, 0.15) is 38.4 Å². The second-order valence-corrected chi connectivity index (χ2v) is 6.89. The van der Waals surface area contributed by atoms with E-state index in [0.29, 0.717) is 30.2 Å². The molecule has 1 amide bonds. The number of aryl methyl sites for hydroxylation is 2. The van der Waals surface area contributed by atoms with Crippen LogP contribution in [0, 0.1) is 13.8 Å². The lowest BCUT2D eigenvalue weighted by molar-refractivity contribution is 0.102. The molecular weight excluding hydrogens is 356 g/mol. The van der Waals surface area contributed by atoms with E-state index >= 15 is 0 Å². The van der Waals surface area contributed by atoms with Crippen LogP contribution in [0.3, 0.4) is 0 Å². The summed E-state index contributed by atoms with van der Waals surface area (Å²) in [4.78, 5) is 34.2. The number of aromatic nitrogens is 3. The number of pyridine rings is 1. The first-order valence-electron chi connectivity index (χ1n) is 9.00. The molecule has 0 saturated heterocycles. The molecule has 0 radical (unpaired) electrons. The van der Waals surface area contributed by atoms with Gasteiger partial charge in [0, 0.05) is 18.1 Å². The molecule has 0 aliphatic carbocycles. The van der Waals surface area contributed by atoms with Gasteiger partial charge in [0.05, 0.1) is 37.3 Å². The first-order chi connectivity index (χ1) is 13.5. The molecule has 7 heteroatoms. The van der Waals surface area contributed by atoms with Gasteiger partial charge < -0.3 is 14.6 Å². The lowest BCUT2D eigenvalue weighted by Crippen LogP contribution is -2.30. The zero-order chi connectivity index (χ0) is 19.7. The smallest absolute Gasteiger partial charge is 0.264 e. The Kier molecular flexibility index (Phi) is 4.75. The highest BCUT2D eigenvalue weighted by molar-refractivity contribution is 6.05. The Balaban J connectivity index is 1.60. The number of amides is 1. The zero-order valence-electron chi connectivity index (χ0n) is 15.7. The first kappa shape index (κ1) is 18.1. The molecule has 7 nitrogen and oxygen atoms in total. The SMILES string of the molecule is Cc1cnc(Cn2ccc(C)c(C(=O)Nc3ccc4c(c3)COC4)c2=O)cn1. The first-order valence-corrected chi connectivity index (χ1v) is 9.00. The number of carbonyl (C=O) groups excluding carboxylic acids is 1. The number of carbonyl (C=O) groups is 1. The summed E-state index contributed by atoms with van der Waals surface area (Å²) in [6.45, 7) is 4.98. The minimum atomic E-state index is -0.425. The Morgan fingerprint density at radius 3 is 2.75 bits per heavy atom. The summed E-state index contributed by atoms with van der Waals surface area (Å²) in [6, 6.07) is 7.40. The molecule has 1 aromatic carbocycles. The zero-order valence-corrected chi connectivity index (χ0v) is 15.7. The monoisotopic (exact) mass is 376 g/mol. The van der Waals surface area contributed by atoms with E-state index in [1.807, 2.05) is 25.1 Å². The molecule has 0 fully saturated rings. The van der Waals surface area contributed by atoms with Crippen LogP contribution >= 0.6 is 0 Å². The Bertz CT molecular complexity index is 1100. The van der Waals surface area contributed by atoms with Crippen molar-refractivity contribution in [2.24, 2.45) is 0 Å². The quantitative estimate of drug-likeness (QED) is 0.756. The third-order valence-electron chi connectivity index (χ3n) is 4.75. The molecule has 3 aromatic rings. The van der Waals surface area contributed by atoms with Gasteiger partial charge >= 0.3 is 0 Å². The Morgan fingerprint density at radius 2 is 1.96 bits per heavy atom. The number of ether oxygens (including phenoxy) is 1. The fraction of sp³-hybridized carbons (Fsp3) is 0.238. The van der Waals surface area contributed by atoms with E-state index in [1.165, 1.54) is 4.57 Å². The number of hydrogen-bond acceptors (Lipinski definition) is 5. The fourth-order valence-corrected chi connectivity index (χ4v) is 3.18. The summed E-state index contributed by atoms with van der Waals surface area (Å²) >= 11 is 0. The number of nitrogens with zero attached hydrogens (tertiary/aromatic N) is 3. The predicted octanol–water partition coefficient (Wildman–Crippen LogP) is 2.59. The van der Waals surface area contributed by atoms with Crippen molar-refractivity contribution in [3.8, 4) is 0 Å². The van der Waals surface area contributed by atoms with Gasteiger partial charge in [0.25, 0.3) is 11.5 Å². The van der Waals surface area contributed by atoms with Crippen LogP contribution in [0.15, 0.2) is 47.7 Å². The predicted molar refractivity (Wildman–Crippen MR) is 104 cm³/mol. The van der Waals surface area contributed by atoms with E-state index in [9.17, 15) is 9.59 Å². The number of anilines is 1. The largest absolute Gasteiger partial charge is 0.372 e. The minimum Gasteiger partial charge on any atom is -0.372 e. The standard InChI is InChI=1S/C21H20N4O3/c1-13-5-6-25(10-18-9-22-14(2)8-23-18)21(27)19(13)20(26)24-17-4-3-15-11-28-12-16(15)7-17/h3-9H,10-12H2,1-2H3,(H,24,26). The van der Waals surface area contributed by atoms with Gasteiger partial charge in [0.2, 0.25) is 0 Å². The molecule has 28 heavy (non-hydrogen) atoms. The van der Waals surface area contributed by atoms with Gasteiger partial charge in [-0.2, -0.15) is 0 Å². The summed E-state index contributed by atoms with van der Waals surface area (Å²) in [5.74, 6) is -0.425. The van der Waals surface area contributed by atoms with Gasteiger partial charge in [-0.15, -0.1) is 0 Å². The maximum atomic E-state index is 12.9. The van der Waals surface area contributed by atoms with Crippen molar-refractivity contribution in [1.82, 2.24) is 14.5 Å². The summed E-state index contributed by atoms with van der Waals surface area (Å²) in [5, 5.41) is 2.83. The van der Waals surface area contributed by atoms with E-state index in [-0.39, 0.29) is 17.7 Å². The van der Waals surface area contributed by atoms with Gasteiger partial charge in [-0.05, 0) is 48.7 Å². The lowest BCUT2D eigenvalue weighted by Gasteiger charge is -2.11. The van der Waals surface area contributed by atoms with E-state index in [1.54, 1.807) is 31.6 Å². The van der Waals surface area contributed by atoms with Crippen LogP contribution in [0.25, 0.3) is 0 Å². The maximum absolute atomic E-state index is 12.9. The van der Waals surface area contributed by atoms with Crippen LogP contribution in [0.4, 0.5) is 5.69 Å². The van der Waals surface area contributed by atoms with E-state index in [2.05, 4.69) is 15.3 Å². The van der Waals surface area contributed by atoms with Crippen molar-refractivity contribution >= 4 is 11.6 Å². The van der Waals surface area contributed by atoms with Crippen LogP contribution in [0.5, 0.6) is 0 Å². The summed E-state index contributed by atoms with van der Waals surface area (Å²) in [5.41, 5.74) is 4.67. The van der Waals surface area contributed by atoms with Crippen LogP contribution in [0.2, 0.25) is 0 Å². The summed E-state index contributed by atoms with van der Waals surface area (Å²) < 4.78 is 6.87. The molecule has 4 rings (SSSR count). The molecule has 142 valence electrons. The van der Waals surface area contributed by atoms with Crippen molar-refractivity contribution in [3.05, 3.63) is 86.9 Å². The highest BCUT2D eigenvalue weighted by Gasteiger charge is 2.18. The van der Waals surface area contributed by atoms with Crippen LogP contribution in [-0.2, 0) is 24.5 Å². The maximum Gasteiger partial charge on any atom is 0.264 e. The second kappa shape index (κ2) is 7.36. The van der Waals surface area contributed by atoms with E-state index < -0.39 is 5.91 Å². The van der Waals surface area contributed by atoms with Gasteiger partial charge in [-0.1, -0.05) is 6.07 Å². The molecule has 0 saturated carbocycles. The molecule has 3 heterocycles. The topological polar surface area (TPSA) is 86.1 Å². The van der Waals surface area contributed by atoms with Gasteiger partial charge in [0.1, 0.15) is 5.56 Å². The highest BCUT2D eigenvalue weighted by Crippen LogP contribution is 2.23. The minimum absolute atomic E-state index is 0.124. The molecule has 1 N–H and O–H groups in total. The van der Waals surface area contributed by atoms with Crippen molar-refractivity contribution in [2.45, 2.75) is 33.6 Å². The number of nitrogens with one attached hydrogen (secondary N) is 1. The van der Waals surface area contributed by atoms with E-state index in [4.69, 9.17) is 4.74 Å². The van der Waals surface area contributed by atoms with Gasteiger partial charge in [0.15, 0.2) is 0 Å². The van der Waals surface area contributed by atoms with Crippen LogP contribution < -0.4 is 10.9 Å². The fourth-order valence-electron chi connectivity index (χ4n) is 3.18. The highest BCUT2D eigenvalue weighted by atomic mass is 16.5. The van der Waals surface area contributed by atoms with E-state index in [0.717, 1.165) is 16.8 Å². The summed E-state index contributed by atoms with van der Waals surface area (Å²) in [7, 11) is 0. The van der Waals surface area contributed by atoms with Gasteiger partial charge in [-0.3, -0.25) is 19.6 Å². The molecule has 1 aliphatic rings. The van der Waals surface area contributed by atoms with Crippen molar-refractivity contribution in [1.29, 1.82) is 0 Å². The Morgan fingerprint density at radius 1 is 1.14 bits per heavy atom. The number of fused-ring (bicyclic) bond motifs is 1. The average Bonchev–Trinajstić information content (AvgIpc) is 3.13.